The molecule has 1 heterocycles. The van der Waals surface area contributed by atoms with E-state index in [0.29, 0.717) is 5.69 Å². The highest BCUT2D eigenvalue weighted by Crippen LogP contribution is 2.22. The summed E-state index contributed by atoms with van der Waals surface area (Å²) in [5.74, 6) is 0.759. The van der Waals surface area contributed by atoms with Gasteiger partial charge in [-0.2, -0.15) is 0 Å². The minimum atomic E-state index is -0.305. The number of aromatic nitrogens is 2. The Balaban J connectivity index is 2.46. The molecule has 1 aromatic heterocycles. The molecule has 2 aromatic rings. The summed E-state index contributed by atoms with van der Waals surface area (Å²) in [6.07, 6.45) is 0. The normalized spacial score (nSPS) is 10.2. The third-order valence-corrected chi connectivity index (χ3v) is 2.19. The number of aromatic amines is 2. The van der Waals surface area contributed by atoms with Crippen LogP contribution >= 0.6 is 0 Å². The maximum atomic E-state index is 11.1. The summed E-state index contributed by atoms with van der Waals surface area (Å²) in [4.78, 5) is 11.1. The Morgan fingerprint density at radius 2 is 1.87 bits per heavy atom. The van der Waals surface area contributed by atoms with E-state index in [2.05, 4.69) is 10.2 Å². The molecule has 0 radical (unpaired) electrons. The van der Waals surface area contributed by atoms with Gasteiger partial charge in [-0.25, -0.2) is 0 Å². The fourth-order valence-electron chi connectivity index (χ4n) is 1.35. The maximum Gasteiger partial charge on any atom is 0.287 e. The van der Waals surface area contributed by atoms with E-state index in [0.717, 1.165) is 11.3 Å². The van der Waals surface area contributed by atoms with Crippen LogP contribution in [0.25, 0.3) is 11.3 Å². The van der Waals surface area contributed by atoms with Gasteiger partial charge >= 0.3 is 0 Å². The van der Waals surface area contributed by atoms with Gasteiger partial charge in [-0.05, 0) is 24.3 Å². The van der Waals surface area contributed by atoms with Gasteiger partial charge in [0.2, 0.25) is 0 Å². The van der Waals surface area contributed by atoms with Crippen molar-refractivity contribution in [2.24, 2.45) is 0 Å². The highest BCUT2D eigenvalue weighted by molar-refractivity contribution is 5.71. The number of H-pyrrole nitrogens is 2. The van der Waals surface area contributed by atoms with Crippen molar-refractivity contribution in [3.63, 3.8) is 0 Å². The van der Waals surface area contributed by atoms with Gasteiger partial charge < -0.3 is 10.5 Å². The van der Waals surface area contributed by atoms with Crippen LogP contribution in [0, 0.1) is 0 Å². The predicted octanol–water partition coefficient (Wildman–Crippen LogP) is 0.961. The smallest absolute Gasteiger partial charge is 0.287 e. The largest absolute Gasteiger partial charge is 0.497 e. The molecule has 0 saturated carbocycles. The molecule has 1 aromatic carbocycles. The van der Waals surface area contributed by atoms with E-state index >= 15 is 0 Å². The second-order valence-corrected chi connectivity index (χ2v) is 3.10. The van der Waals surface area contributed by atoms with E-state index < -0.39 is 0 Å². The molecule has 0 fully saturated rings. The number of hydrogen-bond donors (Lipinski definition) is 3. The highest BCUT2D eigenvalue weighted by atomic mass is 16.5. The zero-order chi connectivity index (χ0) is 10.8. The lowest BCUT2D eigenvalue weighted by Crippen LogP contribution is -2.04. The molecule has 4 N–H and O–H groups in total. The molecule has 0 aliphatic heterocycles. The van der Waals surface area contributed by atoms with Gasteiger partial charge in [-0.1, -0.05) is 0 Å². The Morgan fingerprint density at radius 3 is 2.33 bits per heavy atom. The Hall–Kier alpha value is -2.17. The molecule has 0 amide bonds. The van der Waals surface area contributed by atoms with Crippen LogP contribution in [0.15, 0.2) is 29.1 Å². The van der Waals surface area contributed by atoms with Crippen LogP contribution < -0.4 is 16.0 Å². The Morgan fingerprint density at radius 1 is 1.20 bits per heavy atom. The van der Waals surface area contributed by atoms with Gasteiger partial charge in [0.1, 0.15) is 11.4 Å². The first kappa shape index (κ1) is 9.39. The van der Waals surface area contributed by atoms with Crippen molar-refractivity contribution in [3.05, 3.63) is 34.6 Å². The molecule has 0 atom stereocenters. The van der Waals surface area contributed by atoms with Gasteiger partial charge in [0, 0.05) is 5.56 Å². The standard InChI is InChI=1S/C10H11N3O2/c1-15-7-4-2-6(3-5-7)9-8(11)10(14)13-12-9/h2-5H,11H2,1H3,(H2,12,13,14). The number of anilines is 1. The number of benzene rings is 1. The average Bonchev–Trinajstić information content (AvgIpc) is 2.60. The lowest BCUT2D eigenvalue weighted by Gasteiger charge is -2.01. The summed E-state index contributed by atoms with van der Waals surface area (Å²) in [6.45, 7) is 0. The molecule has 78 valence electrons. The second-order valence-electron chi connectivity index (χ2n) is 3.10. The average molecular weight is 205 g/mol. The van der Waals surface area contributed by atoms with Crippen LogP contribution in [0.3, 0.4) is 0 Å². The number of nitrogens with two attached hydrogens (primary N) is 1. The Bertz CT molecular complexity index is 510. The molecule has 0 bridgehead atoms. The van der Waals surface area contributed by atoms with Crippen molar-refractivity contribution in [2.75, 3.05) is 12.8 Å². The lowest BCUT2D eigenvalue weighted by atomic mass is 10.1. The monoisotopic (exact) mass is 205 g/mol. The minimum absolute atomic E-state index is 0.195. The van der Waals surface area contributed by atoms with Crippen molar-refractivity contribution in [3.8, 4) is 17.0 Å². The van der Waals surface area contributed by atoms with Crippen molar-refractivity contribution < 1.29 is 4.74 Å². The molecule has 0 spiro atoms. The third kappa shape index (κ3) is 1.59. The van der Waals surface area contributed by atoms with E-state index in [4.69, 9.17) is 10.5 Å². The number of nitrogens with one attached hydrogen (secondary N) is 2. The maximum absolute atomic E-state index is 11.1. The lowest BCUT2D eigenvalue weighted by molar-refractivity contribution is 0.415. The van der Waals surface area contributed by atoms with Crippen LogP contribution in [-0.4, -0.2) is 17.3 Å². The first-order chi connectivity index (χ1) is 7.22. The molecule has 0 aliphatic rings. The Labute approximate surface area is 85.9 Å². The summed E-state index contributed by atoms with van der Waals surface area (Å²) in [5.41, 5.74) is 6.93. The van der Waals surface area contributed by atoms with Crippen LogP contribution in [0.1, 0.15) is 0 Å². The fraction of sp³-hybridized carbons (Fsp3) is 0.100. The molecule has 2 rings (SSSR count). The number of hydrogen-bond acceptors (Lipinski definition) is 3. The zero-order valence-corrected chi connectivity index (χ0v) is 8.20. The summed E-state index contributed by atoms with van der Waals surface area (Å²) in [6, 6.07) is 7.27. The van der Waals surface area contributed by atoms with Crippen molar-refractivity contribution >= 4 is 5.69 Å². The summed E-state index contributed by atoms with van der Waals surface area (Å²) in [5, 5.41) is 5.15. The first-order valence-electron chi connectivity index (χ1n) is 4.43. The molecule has 5 nitrogen and oxygen atoms in total. The molecule has 5 heteroatoms. The zero-order valence-electron chi connectivity index (χ0n) is 8.20. The van der Waals surface area contributed by atoms with Gasteiger partial charge in [-0.15, -0.1) is 0 Å². The van der Waals surface area contributed by atoms with Crippen molar-refractivity contribution in [1.29, 1.82) is 0 Å². The topological polar surface area (TPSA) is 83.9 Å². The fourth-order valence-corrected chi connectivity index (χ4v) is 1.35. The van der Waals surface area contributed by atoms with Crippen LogP contribution in [0.4, 0.5) is 5.69 Å². The van der Waals surface area contributed by atoms with E-state index in [1.54, 1.807) is 19.2 Å². The molecule has 0 unspecified atom stereocenters. The summed E-state index contributed by atoms with van der Waals surface area (Å²) in [7, 11) is 1.60. The number of ether oxygens (including phenoxy) is 1. The van der Waals surface area contributed by atoms with Crippen molar-refractivity contribution in [1.82, 2.24) is 10.2 Å². The van der Waals surface area contributed by atoms with Gasteiger partial charge in [0.15, 0.2) is 0 Å². The van der Waals surface area contributed by atoms with Gasteiger partial charge in [0.05, 0.1) is 12.8 Å². The second kappa shape index (κ2) is 3.53. The predicted molar refractivity (Wildman–Crippen MR) is 57.8 cm³/mol. The van der Waals surface area contributed by atoms with Crippen LogP contribution in [0.5, 0.6) is 5.75 Å². The molecule has 15 heavy (non-hydrogen) atoms. The molecule has 0 aliphatic carbocycles. The van der Waals surface area contributed by atoms with Crippen LogP contribution in [-0.2, 0) is 0 Å². The quantitative estimate of drug-likeness (QED) is 0.682. The van der Waals surface area contributed by atoms with Gasteiger partial charge in [0.25, 0.3) is 5.56 Å². The highest BCUT2D eigenvalue weighted by Gasteiger charge is 2.07. The van der Waals surface area contributed by atoms with E-state index in [-0.39, 0.29) is 11.2 Å². The molecular formula is C10H11N3O2. The van der Waals surface area contributed by atoms with Crippen molar-refractivity contribution in [2.45, 2.75) is 0 Å². The summed E-state index contributed by atoms with van der Waals surface area (Å²) >= 11 is 0. The minimum Gasteiger partial charge on any atom is -0.497 e. The first-order valence-corrected chi connectivity index (χ1v) is 4.43. The van der Waals surface area contributed by atoms with Gasteiger partial charge in [-0.3, -0.25) is 15.0 Å². The van der Waals surface area contributed by atoms with Crippen LogP contribution in [0.2, 0.25) is 0 Å². The van der Waals surface area contributed by atoms with E-state index in [9.17, 15) is 4.79 Å². The third-order valence-electron chi connectivity index (χ3n) is 2.19. The Kier molecular flexibility index (Phi) is 2.21. The SMILES string of the molecule is COc1ccc(-c2[nH][nH]c(=O)c2N)cc1. The van der Waals surface area contributed by atoms with E-state index in [1.165, 1.54) is 0 Å². The summed E-state index contributed by atoms with van der Waals surface area (Å²) < 4.78 is 5.03. The number of methoxy groups -OCH3 is 1. The number of nitrogen functional groups attached to an aromatic ring is 1. The molecule has 0 saturated heterocycles. The number of rotatable bonds is 2. The van der Waals surface area contributed by atoms with E-state index in [1.807, 2.05) is 12.1 Å². The molecular weight excluding hydrogens is 194 g/mol.